The lowest BCUT2D eigenvalue weighted by Gasteiger charge is -2.24. The second-order valence-corrected chi connectivity index (χ2v) is 8.97. The minimum atomic E-state index is -3.60. The molecule has 0 saturated carbocycles. The maximum Gasteiger partial charge on any atom is 0.231 e. The van der Waals surface area contributed by atoms with Crippen LogP contribution in [0.5, 0.6) is 5.75 Å². The fourth-order valence-corrected chi connectivity index (χ4v) is 4.21. The van der Waals surface area contributed by atoms with Gasteiger partial charge in [0.2, 0.25) is 21.9 Å². The van der Waals surface area contributed by atoms with E-state index >= 15 is 0 Å². The van der Waals surface area contributed by atoms with E-state index in [-0.39, 0.29) is 11.8 Å². The molecule has 2 aromatic carbocycles. The number of primary sulfonamides is 1. The lowest BCUT2D eigenvalue weighted by molar-refractivity contribution is 0.288. The normalized spacial score (nSPS) is 16.3. The van der Waals surface area contributed by atoms with Gasteiger partial charge in [0.1, 0.15) is 18.7 Å². The molecule has 162 valence electrons. The fourth-order valence-electron chi connectivity index (χ4n) is 3.57. The number of sulfonamides is 1. The average Bonchev–Trinajstić information content (AvgIpc) is 3.21. The number of aromatic nitrogens is 3. The van der Waals surface area contributed by atoms with Crippen molar-refractivity contribution >= 4 is 27.6 Å². The van der Waals surface area contributed by atoms with Crippen molar-refractivity contribution in [3.63, 3.8) is 0 Å². The molecule has 2 heterocycles. The third-order valence-electron chi connectivity index (χ3n) is 4.93. The summed E-state index contributed by atoms with van der Waals surface area (Å²) in [6.07, 6.45) is 3.50. The SMILES string of the molecule is NS(=O)(=O)Cc1cccc(Nc2ncnc(N3CCCC3COc3ccccc3)n2)c1. The summed E-state index contributed by atoms with van der Waals surface area (Å²) >= 11 is 0. The monoisotopic (exact) mass is 440 g/mol. The van der Waals surface area contributed by atoms with Crippen LogP contribution in [0.25, 0.3) is 0 Å². The van der Waals surface area contributed by atoms with Gasteiger partial charge >= 0.3 is 0 Å². The number of nitrogens with one attached hydrogen (secondary N) is 1. The third kappa shape index (κ3) is 5.89. The first kappa shape index (κ1) is 21.0. The van der Waals surface area contributed by atoms with E-state index < -0.39 is 10.0 Å². The standard InChI is InChI=1S/C21H24N6O3S/c22-31(28,29)14-16-6-4-7-17(12-16)25-20-23-15-24-21(26-20)27-11-5-8-18(27)13-30-19-9-2-1-3-10-19/h1-4,6-7,9-10,12,15,18H,5,8,11,13-14H2,(H2,22,28,29)(H,23,24,25,26). The van der Waals surface area contributed by atoms with Gasteiger partial charge in [-0.1, -0.05) is 30.3 Å². The molecule has 1 fully saturated rings. The molecule has 1 aliphatic rings. The van der Waals surface area contributed by atoms with Gasteiger partial charge in [0.25, 0.3) is 0 Å². The summed E-state index contributed by atoms with van der Waals surface area (Å²) in [7, 11) is -3.60. The fraction of sp³-hybridized carbons (Fsp3) is 0.286. The third-order valence-corrected chi connectivity index (χ3v) is 5.67. The first-order valence-electron chi connectivity index (χ1n) is 9.96. The molecule has 3 aromatic rings. The topological polar surface area (TPSA) is 123 Å². The van der Waals surface area contributed by atoms with E-state index in [9.17, 15) is 8.42 Å². The van der Waals surface area contributed by atoms with Crippen LogP contribution in [0.1, 0.15) is 18.4 Å². The van der Waals surface area contributed by atoms with E-state index in [2.05, 4.69) is 25.2 Å². The van der Waals surface area contributed by atoms with E-state index in [0.29, 0.717) is 29.8 Å². The van der Waals surface area contributed by atoms with Crippen molar-refractivity contribution in [1.29, 1.82) is 0 Å². The van der Waals surface area contributed by atoms with Crippen LogP contribution in [0, 0.1) is 0 Å². The molecule has 3 N–H and O–H groups in total. The Bertz CT molecular complexity index is 1130. The highest BCUT2D eigenvalue weighted by atomic mass is 32.2. The Morgan fingerprint density at radius 1 is 1.13 bits per heavy atom. The molecule has 10 heteroatoms. The number of hydrogen-bond donors (Lipinski definition) is 2. The molecular weight excluding hydrogens is 416 g/mol. The second-order valence-electron chi connectivity index (χ2n) is 7.36. The molecule has 1 atom stereocenters. The first-order valence-corrected chi connectivity index (χ1v) is 11.7. The number of benzene rings is 2. The maximum atomic E-state index is 11.3. The van der Waals surface area contributed by atoms with Crippen LogP contribution in [0.15, 0.2) is 60.9 Å². The zero-order valence-corrected chi connectivity index (χ0v) is 17.7. The van der Waals surface area contributed by atoms with Crippen molar-refractivity contribution in [3.8, 4) is 5.75 Å². The van der Waals surface area contributed by atoms with Crippen LogP contribution in [-0.4, -0.2) is 42.6 Å². The summed E-state index contributed by atoms with van der Waals surface area (Å²) in [5.74, 6) is 1.57. The maximum absolute atomic E-state index is 11.3. The Kier molecular flexibility index (Phi) is 6.28. The average molecular weight is 441 g/mol. The van der Waals surface area contributed by atoms with Crippen LogP contribution >= 0.6 is 0 Å². The van der Waals surface area contributed by atoms with Crippen molar-refractivity contribution in [1.82, 2.24) is 15.0 Å². The van der Waals surface area contributed by atoms with Crippen molar-refractivity contribution in [3.05, 3.63) is 66.5 Å². The minimum absolute atomic E-state index is 0.175. The smallest absolute Gasteiger partial charge is 0.231 e. The largest absolute Gasteiger partial charge is 0.491 e. The zero-order chi connectivity index (χ0) is 21.7. The van der Waals surface area contributed by atoms with Gasteiger partial charge in [-0.2, -0.15) is 4.98 Å². The number of rotatable bonds is 8. The Hall–Kier alpha value is -3.24. The van der Waals surface area contributed by atoms with E-state index in [1.165, 1.54) is 6.33 Å². The summed E-state index contributed by atoms with van der Waals surface area (Å²) in [6, 6.07) is 16.9. The highest BCUT2D eigenvalue weighted by Gasteiger charge is 2.27. The van der Waals surface area contributed by atoms with E-state index in [0.717, 1.165) is 25.1 Å². The van der Waals surface area contributed by atoms with Gasteiger partial charge in [-0.3, -0.25) is 0 Å². The molecule has 31 heavy (non-hydrogen) atoms. The van der Waals surface area contributed by atoms with Gasteiger partial charge < -0.3 is 15.0 Å². The van der Waals surface area contributed by atoms with Crippen molar-refractivity contribution in [2.45, 2.75) is 24.6 Å². The molecular formula is C21H24N6O3S. The molecule has 4 rings (SSSR count). The van der Waals surface area contributed by atoms with Gasteiger partial charge in [0, 0.05) is 12.2 Å². The number of hydrogen-bond acceptors (Lipinski definition) is 8. The Labute approximate surface area is 181 Å². The lowest BCUT2D eigenvalue weighted by atomic mass is 10.2. The zero-order valence-electron chi connectivity index (χ0n) is 16.9. The Morgan fingerprint density at radius 3 is 2.77 bits per heavy atom. The van der Waals surface area contributed by atoms with E-state index in [4.69, 9.17) is 9.88 Å². The van der Waals surface area contributed by atoms with Crippen molar-refractivity contribution < 1.29 is 13.2 Å². The highest BCUT2D eigenvalue weighted by Crippen LogP contribution is 2.24. The molecule has 9 nitrogen and oxygen atoms in total. The highest BCUT2D eigenvalue weighted by molar-refractivity contribution is 7.88. The van der Waals surface area contributed by atoms with Gasteiger partial charge in [-0.25, -0.2) is 23.5 Å². The Morgan fingerprint density at radius 2 is 1.97 bits per heavy atom. The summed E-state index contributed by atoms with van der Waals surface area (Å²) < 4.78 is 28.6. The predicted molar refractivity (Wildman–Crippen MR) is 119 cm³/mol. The van der Waals surface area contributed by atoms with Gasteiger partial charge in [0.15, 0.2) is 0 Å². The van der Waals surface area contributed by atoms with Crippen LogP contribution < -0.4 is 20.1 Å². The number of nitrogens with two attached hydrogens (primary N) is 1. The summed E-state index contributed by atoms with van der Waals surface area (Å²) in [4.78, 5) is 15.2. The molecule has 1 saturated heterocycles. The molecule has 0 amide bonds. The number of anilines is 3. The summed E-state index contributed by atoms with van der Waals surface area (Å²) in [6.45, 7) is 1.39. The van der Waals surface area contributed by atoms with Crippen LogP contribution in [0.4, 0.5) is 17.6 Å². The molecule has 1 aliphatic heterocycles. The van der Waals surface area contributed by atoms with Gasteiger partial charge in [0.05, 0.1) is 11.8 Å². The number of ether oxygens (including phenoxy) is 1. The van der Waals surface area contributed by atoms with Crippen LogP contribution in [-0.2, 0) is 15.8 Å². The molecule has 1 unspecified atom stereocenters. The molecule has 1 aromatic heterocycles. The molecule has 0 aliphatic carbocycles. The van der Waals surface area contributed by atoms with Crippen molar-refractivity contribution in [2.75, 3.05) is 23.4 Å². The first-order chi connectivity index (χ1) is 15.0. The van der Waals surface area contributed by atoms with Crippen molar-refractivity contribution in [2.24, 2.45) is 5.14 Å². The molecule has 0 bridgehead atoms. The number of para-hydroxylation sites is 1. The summed E-state index contributed by atoms with van der Waals surface area (Å²) in [5.41, 5.74) is 1.25. The van der Waals surface area contributed by atoms with Crippen LogP contribution in [0.3, 0.4) is 0 Å². The van der Waals surface area contributed by atoms with E-state index in [1.54, 1.807) is 18.2 Å². The van der Waals surface area contributed by atoms with Gasteiger partial charge in [-0.15, -0.1) is 0 Å². The van der Waals surface area contributed by atoms with E-state index in [1.807, 2.05) is 36.4 Å². The van der Waals surface area contributed by atoms with Crippen LogP contribution in [0.2, 0.25) is 0 Å². The quantitative estimate of drug-likeness (QED) is 0.547. The van der Waals surface area contributed by atoms with Gasteiger partial charge in [-0.05, 0) is 42.7 Å². The predicted octanol–water partition coefficient (Wildman–Crippen LogP) is 2.45. The molecule has 0 spiro atoms. The second kappa shape index (κ2) is 9.27. The minimum Gasteiger partial charge on any atom is -0.491 e. The summed E-state index contributed by atoms with van der Waals surface area (Å²) in [5, 5.41) is 8.25. The number of nitrogens with zero attached hydrogens (tertiary/aromatic N) is 4. The molecule has 0 radical (unpaired) electrons. The Balaban J connectivity index is 1.45. The lowest BCUT2D eigenvalue weighted by Crippen LogP contribution is -2.35.